The van der Waals surface area contributed by atoms with Gasteiger partial charge < -0.3 is 18.9 Å². The van der Waals surface area contributed by atoms with Crippen molar-refractivity contribution >= 4 is 5.97 Å². The predicted molar refractivity (Wildman–Crippen MR) is 118 cm³/mol. The number of methoxy groups -OCH3 is 2. The Balaban J connectivity index is 2.02. The van der Waals surface area contributed by atoms with Crippen molar-refractivity contribution in [2.75, 3.05) is 20.8 Å². The number of hydrogen-bond acceptors (Lipinski definition) is 7. The van der Waals surface area contributed by atoms with Gasteiger partial charge in [0, 0.05) is 11.1 Å². The first-order chi connectivity index (χ1) is 17.6. The Bertz CT molecular complexity index is 1290. The second kappa shape index (κ2) is 10.3. The smallest absolute Gasteiger partial charge is 0.416 e. The first-order valence-corrected chi connectivity index (χ1v) is 11.1. The zero-order valence-electron chi connectivity index (χ0n) is 19.9. The van der Waals surface area contributed by atoms with Gasteiger partial charge in [-0.3, -0.25) is 9.36 Å². The predicted octanol–water partition coefficient (Wildman–Crippen LogP) is 5.35. The molecule has 0 amide bonds. The highest BCUT2D eigenvalue weighted by Crippen LogP contribution is 2.47. The fraction of sp³-hybridized carbons (Fsp3) is 0.375. The molecule has 3 aromatic rings. The number of halogens is 5. The number of ether oxygens (including phenoxy) is 4. The number of carbonyl (C=O) groups excluding carboxylic acids is 1. The topological polar surface area (TPSA) is 84.7 Å². The number of hydrogen-bond donors (Lipinski definition) is 0. The zero-order chi connectivity index (χ0) is 26.9. The molecule has 0 N–H and O–H groups in total. The third kappa shape index (κ3) is 4.95. The lowest BCUT2D eigenvalue weighted by Crippen LogP contribution is -2.17. The summed E-state index contributed by atoms with van der Waals surface area (Å²) in [5, 5.41) is 7.36. The summed E-state index contributed by atoms with van der Waals surface area (Å²) in [5.74, 6) is -1.31. The summed E-state index contributed by atoms with van der Waals surface area (Å²) in [6, 6.07) is 7.31. The van der Waals surface area contributed by atoms with Crippen LogP contribution in [0.1, 0.15) is 60.3 Å². The van der Waals surface area contributed by atoms with Crippen LogP contribution in [0.15, 0.2) is 36.4 Å². The minimum Gasteiger partial charge on any atom is -0.493 e. The van der Waals surface area contributed by atoms with Gasteiger partial charge in [0.25, 0.3) is 6.43 Å². The van der Waals surface area contributed by atoms with E-state index < -0.39 is 48.6 Å². The molecule has 1 aliphatic rings. The average Bonchev–Trinajstić information content (AvgIpc) is 3.25. The fourth-order valence-corrected chi connectivity index (χ4v) is 4.22. The Kier molecular flexibility index (Phi) is 7.35. The van der Waals surface area contributed by atoms with E-state index in [1.54, 1.807) is 19.1 Å². The molecule has 0 saturated carbocycles. The van der Waals surface area contributed by atoms with Crippen molar-refractivity contribution in [2.24, 2.45) is 0 Å². The summed E-state index contributed by atoms with van der Waals surface area (Å²) in [4.78, 5) is 12.4. The van der Waals surface area contributed by atoms with Crippen molar-refractivity contribution in [2.45, 2.75) is 38.2 Å². The first kappa shape index (κ1) is 26.3. The van der Waals surface area contributed by atoms with Gasteiger partial charge in [-0.15, -0.1) is 10.2 Å². The lowest BCUT2D eigenvalue weighted by molar-refractivity contribution is -0.147. The van der Waals surface area contributed by atoms with Crippen LogP contribution in [0.4, 0.5) is 22.0 Å². The highest BCUT2D eigenvalue weighted by molar-refractivity contribution is 5.70. The van der Waals surface area contributed by atoms with E-state index in [-0.39, 0.29) is 40.7 Å². The van der Waals surface area contributed by atoms with Crippen molar-refractivity contribution in [3.05, 3.63) is 64.7 Å². The summed E-state index contributed by atoms with van der Waals surface area (Å²) in [7, 11) is 2.72. The van der Waals surface area contributed by atoms with Crippen LogP contribution >= 0.6 is 0 Å². The first-order valence-electron chi connectivity index (χ1n) is 11.1. The lowest BCUT2D eigenvalue weighted by Gasteiger charge is -2.25. The molecular formula is C24H22F5N3O5. The molecule has 0 fully saturated rings. The fourth-order valence-electron chi connectivity index (χ4n) is 4.22. The van der Waals surface area contributed by atoms with Gasteiger partial charge in [0.05, 0.1) is 38.5 Å². The lowest BCUT2D eigenvalue weighted by atomic mass is 9.96. The minimum atomic E-state index is -4.74. The van der Waals surface area contributed by atoms with Gasteiger partial charge in [-0.05, 0) is 31.2 Å². The van der Waals surface area contributed by atoms with E-state index in [0.29, 0.717) is 0 Å². The number of carbonyl (C=O) groups is 1. The number of nitrogens with zero attached hydrogens (tertiary/aromatic N) is 3. The van der Waals surface area contributed by atoms with Crippen LogP contribution < -0.4 is 9.47 Å². The number of esters is 1. The van der Waals surface area contributed by atoms with Crippen molar-refractivity contribution in [3.63, 3.8) is 0 Å². The van der Waals surface area contributed by atoms with Crippen molar-refractivity contribution in [1.29, 1.82) is 0 Å². The van der Waals surface area contributed by atoms with Gasteiger partial charge >= 0.3 is 12.1 Å². The molecule has 2 heterocycles. The number of rotatable bonds is 7. The van der Waals surface area contributed by atoms with Crippen LogP contribution in [0.2, 0.25) is 0 Å². The molecule has 0 unspecified atom stereocenters. The van der Waals surface area contributed by atoms with Crippen molar-refractivity contribution < 1.29 is 45.7 Å². The molecule has 1 aromatic heterocycles. The van der Waals surface area contributed by atoms with Crippen LogP contribution in [-0.2, 0) is 20.4 Å². The molecule has 4 rings (SSSR count). The second-order valence-corrected chi connectivity index (χ2v) is 7.92. The maximum absolute atomic E-state index is 14.0. The number of benzene rings is 2. The van der Waals surface area contributed by atoms with Gasteiger partial charge in [-0.1, -0.05) is 12.1 Å². The third-order valence-corrected chi connectivity index (χ3v) is 5.75. The molecule has 0 spiro atoms. The standard InChI is InChI=1S/C24H22F5N3O5/c1-4-36-18(33)11-17-22-30-31-23(21(25)26)32(22)15-9-8-12(24(27,28)29)10-14(15)19(37-17)13-6-5-7-16(34-2)20(13)35-3/h5-10,17,19,21H,4,11H2,1-3H3/t17-,19-/m0/s1. The van der Waals surface area contributed by atoms with Gasteiger partial charge in [0.2, 0.25) is 5.82 Å². The molecule has 13 heteroatoms. The number of aromatic nitrogens is 3. The van der Waals surface area contributed by atoms with Crippen LogP contribution in [0.25, 0.3) is 5.69 Å². The third-order valence-electron chi connectivity index (χ3n) is 5.75. The van der Waals surface area contributed by atoms with Gasteiger partial charge in [-0.25, -0.2) is 8.78 Å². The normalized spacial score (nSPS) is 17.1. The van der Waals surface area contributed by atoms with E-state index in [1.807, 2.05) is 0 Å². The second-order valence-electron chi connectivity index (χ2n) is 7.92. The molecule has 0 bridgehead atoms. The van der Waals surface area contributed by atoms with Crippen LogP contribution in [0.5, 0.6) is 11.5 Å². The molecule has 1 aliphatic heterocycles. The maximum Gasteiger partial charge on any atom is 0.416 e. The van der Waals surface area contributed by atoms with E-state index >= 15 is 0 Å². The maximum atomic E-state index is 14.0. The highest BCUT2D eigenvalue weighted by Gasteiger charge is 2.40. The average molecular weight is 527 g/mol. The zero-order valence-corrected chi connectivity index (χ0v) is 19.9. The Morgan fingerprint density at radius 3 is 2.49 bits per heavy atom. The van der Waals surface area contributed by atoms with E-state index in [1.165, 1.54) is 20.3 Å². The summed E-state index contributed by atoms with van der Waals surface area (Å²) in [5.41, 5.74) is -0.965. The molecule has 0 saturated heterocycles. The van der Waals surface area contributed by atoms with Gasteiger partial charge in [-0.2, -0.15) is 13.2 Å². The van der Waals surface area contributed by atoms with Crippen LogP contribution in [-0.4, -0.2) is 41.6 Å². The highest BCUT2D eigenvalue weighted by atomic mass is 19.4. The largest absolute Gasteiger partial charge is 0.493 e. The number of para-hydroxylation sites is 1. The van der Waals surface area contributed by atoms with Crippen molar-refractivity contribution in [1.82, 2.24) is 14.8 Å². The van der Waals surface area contributed by atoms with E-state index in [0.717, 1.165) is 22.8 Å². The molecule has 2 atom stereocenters. The molecule has 0 aliphatic carbocycles. The van der Waals surface area contributed by atoms with Crippen LogP contribution in [0.3, 0.4) is 0 Å². The molecule has 0 radical (unpaired) electrons. The summed E-state index contributed by atoms with van der Waals surface area (Å²) < 4.78 is 92.0. The molecule has 8 nitrogen and oxygen atoms in total. The molecular weight excluding hydrogens is 505 g/mol. The van der Waals surface area contributed by atoms with E-state index in [2.05, 4.69) is 10.2 Å². The Hall–Kier alpha value is -3.74. The summed E-state index contributed by atoms with van der Waals surface area (Å²) >= 11 is 0. The van der Waals surface area contributed by atoms with Crippen molar-refractivity contribution in [3.8, 4) is 17.2 Å². The number of alkyl halides is 5. The molecule has 2 aromatic carbocycles. The Morgan fingerprint density at radius 1 is 1.11 bits per heavy atom. The molecule has 37 heavy (non-hydrogen) atoms. The molecule has 198 valence electrons. The Labute approximate surface area is 207 Å². The monoisotopic (exact) mass is 527 g/mol. The SMILES string of the molecule is CCOC(=O)C[C@@H]1O[C@@H](c2cccc(OC)c2OC)c2cc(C(F)(F)F)ccc2-n2c(C(F)F)nnc21. The summed E-state index contributed by atoms with van der Waals surface area (Å²) in [6.45, 7) is 1.63. The summed E-state index contributed by atoms with van der Waals surface area (Å²) in [6.07, 6.45) is -10.9. The number of fused-ring (bicyclic) bond motifs is 3. The van der Waals surface area contributed by atoms with E-state index in [9.17, 15) is 26.7 Å². The van der Waals surface area contributed by atoms with Gasteiger partial charge in [0.15, 0.2) is 17.3 Å². The quantitative estimate of drug-likeness (QED) is 0.302. The van der Waals surface area contributed by atoms with Crippen LogP contribution in [0, 0.1) is 0 Å². The van der Waals surface area contributed by atoms with E-state index in [4.69, 9.17) is 18.9 Å². The Morgan fingerprint density at radius 2 is 1.86 bits per heavy atom. The van der Waals surface area contributed by atoms with Gasteiger partial charge in [0.1, 0.15) is 12.2 Å². The minimum absolute atomic E-state index is 0.0445.